The number of carbonyl (C=O) groups excluding carboxylic acids is 11. The molecule has 1 fully saturated rings. The molecular formula is C67H98N18O17S. The van der Waals surface area contributed by atoms with Gasteiger partial charge in [-0.25, -0.2) is 4.98 Å². The van der Waals surface area contributed by atoms with Crippen LogP contribution in [0.5, 0.6) is 0 Å². The predicted molar refractivity (Wildman–Crippen MR) is 378 cm³/mol. The molecule has 36 heteroatoms. The topological polar surface area (TPSA) is 521 Å². The lowest BCUT2D eigenvalue weighted by molar-refractivity contribution is -0.140. The van der Waals surface area contributed by atoms with Crippen molar-refractivity contribution in [3.8, 4) is 0 Å². The number of hydrogen-bond acceptors (Lipinski definition) is 21. The normalized spacial score (nSPS) is 15.7. The molecule has 10 amide bonds. The van der Waals surface area contributed by atoms with Crippen molar-refractivity contribution in [3.63, 3.8) is 0 Å². The number of carbonyl (C=O) groups is 14. The minimum Gasteiger partial charge on any atom is -0.480 e. The van der Waals surface area contributed by atoms with Crippen molar-refractivity contribution >= 4 is 106 Å². The van der Waals surface area contributed by atoms with E-state index in [1.807, 2.05) is 20.1 Å². The number of hydrogen-bond donors (Lipinski definition) is 15. The highest BCUT2D eigenvalue weighted by Crippen LogP contribution is 2.24. The quantitative estimate of drug-likeness (QED) is 0.0209. The van der Waals surface area contributed by atoms with Crippen molar-refractivity contribution in [1.82, 2.24) is 76.7 Å². The predicted octanol–water partition coefficient (Wildman–Crippen LogP) is -3.23. The minimum absolute atomic E-state index is 0.00519. The number of nitrogens with two attached hydrogens (primary N) is 3. The Morgan fingerprint density at radius 2 is 1.13 bits per heavy atom. The van der Waals surface area contributed by atoms with Gasteiger partial charge in [-0.3, -0.25) is 91.3 Å². The van der Waals surface area contributed by atoms with E-state index in [9.17, 15) is 82.4 Å². The third-order valence-corrected chi connectivity index (χ3v) is 17.5. The molecule has 7 atom stereocenters. The second-order valence-corrected chi connectivity index (χ2v) is 26.9. The fraction of sp³-hybridized carbons (Fsp3) is 0.537. The molecular weight excluding hydrogens is 1360 g/mol. The third-order valence-electron chi connectivity index (χ3n) is 16.9. The summed E-state index contributed by atoms with van der Waals surface area (Å²) < 4.78 is 1.26. The number of aromatic nitrogens is 3. The average Bonchev–Trinajstić information content (AvgIpc) is 1.64. The van der Waals surface area contributed by atoms with Crippen LogP contribution in [0.4, 0.5) is 0 Å². The molecule has 5 rings (SSSR count). The molecule has 1 aliphatic rings. The molecule has 0 unspecified atom stereocenters. The van der Waals surface area contributed by atoms with Crippen LogP contribution in [0.3, 0.4) is 0 Å². The number of carboxylic acids is 3. The molecule has 103 heavy (non-hydrogen) atoms. The number of aliphatic carboxylic acids is 3. The minimum atomic E-state index is -1.54. The van der Waals surface area contributed by atoms with Crippen molar-refractivity contribution in [1.29, 1.82) is 0 Å². The molecule has 0 spiro atoms. The summed E-state index contributed by atoms with van der Waals surface area (Å²) in [6.45, 7) is 7.18. The van der Waals surface area contributed by atoms with Crippen LogP contribution >= 0.6 is 11.8 Å². The largest absolute Gasteiger partial charge is 0.480 e. The van der Waals surface area contributed by atoms with E-state index in [-0.39, 0.29) is 141 Å². The SMILES string of the molecule is CSCC[C@H](NC(=O)[C@H](CC(C)C)NC(=O)[C@H](Cc1cnc[nH]1)NC(=O)CNC(=O)[C@@H](NC(=O)[C@H](C)NC(=O)[C@H](Cc1cn(C(=O)[C@@H](N)CCC(N)=O)c2ccccc12)NC(=O)c1ccccc1CNC(=O)CN1CCN(CC(=O)O)CCN(CC(=O)O)CCN(CC(=O)O)CC1)C(C)C)C(N)=O. The van der Waals surface area contributed by atoms with Crippen LogP contribution in [0.15, 0.2) is 67.3 Å². The number of fused-ring (bicyclic) bond motifs is 1. The first-order valence-corrected chi connectivity index (χ1v) is 35.1. The van der Waals surface area contributed by atoms with Crippen molar-refractivity contribution in [2.24, 2.45) is 29.0 Å². The zero-order valence-corrected chi connectivity index (χ0v) is 59.6. The van der Waals surface area contributed by atoms with Gasteiger partial charge < -0.3 is 80.0 Å². The van der Waals surface area contributed by atoms with Crippen LogP contribution in [0.1, 0.15) is 92.3 Å². The molecule has 18 N–H and O–H groups in total. The van der Waals surface area contributed by atoms with Crippen LogP contribution in [0, 0.1) is 11.8 Å². The lowest BCUT2D eigenvalue weighted by Gasteiger charge is -2.32. The van der Waals surface area contributed by atoms with E-state index in [1.165, 1.54) is 48.0 Å². The standard InChI is InChI=1S/C67H98N18O17S/c1-39(2)27-49(64(99)77-48(60(70)95)17-26-103-6)79-65(100)51(29-44-31-71-38-74-44)76-54(87)32-73-66(101)59(40(3)4)80-61(96)41(5)75-63(98)50(28-43-33-85(52-14-10-9-12-45(43)52)67(102)47(68)15-16-53(69)86)78-62(97)46-13-8-7-11-42(46)30-72-55(88)34-81-18-20-82(35-56(89)90)22-24-84(37-58(93)94)25-23-83(21-19-81)36-57(91)92/h7-14,31,33,38-41,47-51,59H,15-30,32,34-37,68H2,1-6H3,(H2,69,86)(H2,70,95)(H,71,74)(H,72,88)(H,73,101)(H,75,98)(H,76,87)(H,77,99)(H,78,97)(H,79,100)(H,80,96)(H,89,90)(H,91,92)(H,93,94)/t41-,47-,48-,49-,50-,51-,59-/m0/s1. The summed E-state index contributed by atoms with van der Waals surface area (Å²) in [6.07, 6.45) is 5.73. The van der Waals surface area contributed by atoms with Gasteiger partial charge in [-0.1, -0.05) is 64.1 Å². The summed E-state index contributed by atoms with van der Waals surface area (Å²) in [7, 11) is 0. The zero-order chi connectivity index (χ0) is 76.0. The smallest absolute Gasteiger partial charge is 0.317 e. The van der Waals surface area contributed by atoms with Crippen LogP contribution < -0.4 is 59.7 Å². The molecule has 1 aliphatic heterocycles. The van der Waals surface area contributed by atoms with Crippen molar-refractivity contribution in [3.05, 3.63) is 89.6 Å². The molecule has 0 aliphatic carbocycles. The molecule has 2 aromatic heterocycles. The van der Waals surface area contributed by atoms with E-state index in [4.69, 9.17) is 17.2 Å². The molecule has 4 aromatic rings. The number of nitrogens with zero attached hydrogens (tertiary/aromatic N) is 6. The molecule has 0 radical (unpaired) electrons. The van der Waals surface area contributed by atoms with Crippen molar-refractivity contribution in [2.75, 3.05) is 97.1 Å². The van der Waals surface area contributed by atoms with E-state index in [2.05, 4.69) is 52.5 Å². The lowest BCUT2D eigenvalue weighted by atomic mass is 10.0. The number of carboxylic acid groups (broad SMARTS) is 3. The number of H-pyrrole nitrogens is 1. The van der Waals surface area contributed by atoms with E-state index >= 15 is 0 Å². The number of amides is 10. The third kappa shape index (κ3) is 28.5. The summed E-state index contributed by atoms with van der Waals surface area (Å²) >= 11 is 1.45. The Hall–Kier alpha value is -9.88. The first kappa shape index (κ1) is 83.8. The molecule has 0 bridgehead atoms. The highest BCUT2D eigenvalue weighted by Gasteiger charge is 2.34. The second-order valence-electron chi connectivity index (χ2n) is 26.0. The van der Waals surface area contributed by atoms with Gasteiger partial charge >= 0.3 is 17.9 Å². The van der Waals surface area contributed by atoms with Crippen LogP contribution in [0.25, 0.3) is 10.9 Å². The highest BCUT2D eigenvalue weighted by atomic mass is 32.2. The summed E-state index contributed by atoms with van der Waals surface area (Å²) in [5.41, 5.74) is 18.6. The number of benzene rings is 2. The number of primary amides is 2. The maximum Gasteiger partial charge on any atom is 0.317 e. The number of aromatic amines is 1. The summed E-state index contributed by atoms with van der Waals surface area (Å²) in [5.74, 6) is -11.9. The summed E-state index contributed by atoms with van der Waals surface area (Å²) in [6, 6.07) is 3.84. The zero-order valence-electron chi connectivity index (χ0n) is 58.8. The number of imidazole rings is 1. The van der Waals surface area contributed by atoms with Gasteiger partial charge in [0.15, 0.2) is 0 Å². The van der Waals surface area contributed by atoms with Gasteiger partial charge in [0.05, 0.1) is 50.6 Å². The molecule has 0 saturated carbocycles. The molecule has 2 aromatic carbocycles. The van der Waals surface area contributed by atoms with Crippen molar-refractivity contribution in [2.45, 2.75) is 122 Å². The number of thioether (sulfide) groups is 1. The van der Waals surface area contributed by atoms with Gasteiger partial charge in [-0.15, -0.1) is 0 Å². The Balaban J connectivity index is 1.34. The molecule has 35 nitrogen and oxygen atoms in total. The van der Waals surface area contributed by atoms with Gasteiger partial charge in [0.2, 0.25) is 59.1 Å². The van der Waals surface area contributed by atoms with E-state index in [0.717, 1.165) is 0 Å². The Morgan fingerprint density at radius 1 is 0.583 bits per heavy atom. The Morgan fingerprint density at radius 3 is 1.67 bits per heavy atom. The fourth-order valence-electron chi connectivity index (χ4n) is 11.3. The second kappa shape index (κ2) is 41.9. The Labute approximate surface area is 600 Å². The monoisotopic (exact) mass is 1460 g/mol. The summed E-state index contributed by atoms with van der Waals surface area (Å²) in [4.78, 5) is 199. The molecule has 3 heterocycles. The van der Waals surface area contributed by atoms with Crippen molar-refractivity contribution < 1.29 is 82.4 Å². The van der Waals surface area contributed by atoms with Gasteiger partial charge in [0.1, 0.15) is 36.3 Å². The maximum atomic E-state index is 14.8. The first-order chi connectivity index (χ1) is 48.8. The lowest BCUT2D eigenvalue weighted by Crippen LogP contribution is -2.59. The van der Waals surface area contributed by atoms with E-state index < -0.39 is 138 Å². The van der Waals surface area contributed by atoms with Crippen LogP contribution in [-0.4, -0.2) is 272 Å². The molecule has 1 saturated heterocycles. The van der Waals surface area contributed by atoms with Gasteiger partial charge in [0, 0.05) is 107 Å². The van der Waals surface area contributed by atoms with Gasteiger partial charge in [0.25, 0.3) is 5.91 Å². The number of para-hydroxylation sites is 1. The number of nitrogens with one attached hydrogen (secondary N) is 9. The Bertz CT molecular complexity index is 3580. The first-order valence-electron chi connectivity index (χ1n) is 33.7. The van der Waals surface area contributed by atoms with Crippen LogP contribution in [0.2, 0.25) is 0 Å². The average molecular weight is 1460 g/mol. The number of rotatable bonds is 39. The maximum absolute atomic E-state index is 14.8. The van der Waals surface area contributed by atoms with E-state index in [1.54, 1.807) is 75.9 Å². The van der Waals surface area contributed by atoms with Gasteiger partial charge in [-0.05, 0) is 73.3 Å². The molecule has 564 valence electrons. The van der Waals surface area contributed by atoms with Crippen LogP contribution in [-0.2, 0) is 76.9 Å². The van der Waals surface area contributed by atoms with Gasteiger partial charge in [-0.2, -0.15) is 11.8 Å². The fourth-order valence-corrected chi connectivity index (χ4v) is 11.8. The Kier molecular flexibility index (Phi) is 34.1. The van der Waals surface area contributed by atoms with E-state index in [0.29, 0.717) is 27.9 Å². The highest BCUT2D eigenvalue weighted by molar-refractivity contribution is 7.98. The summed E-state index contributed by atoms with van der Waals surface area (Å²) in [5, 5.41) is 50.6.